The maximum Gasteiger partial charge on any atom is 0.125 e. The highest BCUT2D eigenvalue weighted by molar-refractivity contribution is 5.38. The summed E-state index contributed by atoms with van der Waals surface area (Å²) in [6.45, 7) is 0.147. The van der Waals surface area contributed by atoms with Gasteiger partial charge in [-0.2, -0.15) is 0 Å². The Balaban J connectivity index is 3.15. The summed E-state index contributed by atoms with van der Waals surface area (Å²) in [5, 5.41) is 10.1. The van der Waals surface area contributed by atoms with E-state index in [9.17, 15) is 5.11 Å². The molecule has 0 aliphatic rings. The third-order valence-corrected chi connectivity index (χ3v) is 2.28. The molecule has 0 saturated carbocycles. The minimum absolute atomic E-state index is 0.0733. The minimum Gasteiger partial charge on any atom is -0.496 e. The van der Waals surface area contributed by atoms with E-state index < -0.39 is 5.60 Å². The fourth-order valence-corrected chi connectivity index (χ4v) is 1.33. The Kier molecular flexibility index (Phi) is 3.46. The molecule has 1 rings (SSSR count). The van der Waals surface area contributed by atoms with Gasteiger partial charge in [-0.15, -0.1) is 0 Å². The molecule has 0 fully saturated rings. The molecule has 0 amide bonds. The van der Waals surface area contributed by atoms with E-state index in [4.69, 9.17) is 16.2 Å². The molecule has 1 aromatic carbocycles. The number of hydrogen-bond acceptors (Lipinski definition) is 4. The maximum absolute atomic E-state index is 10.1. The molecule has 4 nitrogen and oxygen atoms in total. The smallest absolute Gasteiger partial charge is 0.125 e. The van der Waals surface area contributed by atoms with Crippen LogP contribution in [-0.4, -0.2) is 25.3 Å². The molecule has 0 spiro atoms. The van der Waals surface area contributed by atoms with Gasteiger partial charge in [-0.3, -0.25) is 0 Å². The van der Waals surface area contributed by atoms with Gasteiger partial charge in [-0.25, -0.2) is 0 Å². The summed E-state index contributed by atoms with van der Waals surface area (Å²) >= 11 is 0. The Morgan fingerprint density at radius 3 is 2.36 bits per heavy atom. The fourth-order valence-electron chi connectivity index (χ4n) is 1.33. The first kappa shape index (κ1) is 11.0. The van der Waals surface area contributed by atoms with Crippen LogP contribution in [0.5, 0.6) is 5.75 Å². The third-order valence-electron chi connectivity index (χ3n) is 2.28. The van der Waals surface area contributed by atoms with Gasteiger partial charge in [-0.05, 0) is 6.07 Å². The van der Waals surface area contributed by atoms with Gasteiger partial charge >= 0.3 is 0 Å². The van der Waals surface area contributed by atoms with Crippen LogP contribution >= 0.6 is 0 Å². The topological polar surface area (TPSA) is 81.5 Å². The van der Waals surface area contributed by atoms with Crippen molar-refractivity contribution >= 4 is 0 Å². The van der Waals surface area contributed by atoms with Crippen LogP contribution in [0.25, 0.3) is 0 Å². The summed E-state index contributed by atoms with van der Waals surface area (Å²) in [5.74, 6) is 0.603. The van der Waals surface area contributed by atoms with Gasteiger partial charge in [0, 0.05) is 18.7 Å². The molecule has 0 aromatic heterocycles. The molecular formula is C10H16N2O2. The number of methoxy groups -OCH3 is 1. The summed E-state index contributed by atoms with van der Waals surface area (Å²) in [4.78, 5) is 0. The van der Waals surface area contributed by atoms with E-state index in [1.807, 2.05) is 12.1 Å². The van der Waals surface area contributed by atoms with Gasteiger partial charge < -0.3 is 21.3 Å². The van der Waals surface area contributed by atoms with Crippen molar-refractivity contribution in [2.45, 2.75) is 5.60 Å². The second-order valence-corrected chi connectivity index (χ2v) is 3.14. The Bertz CT molecular complexity index is 298. The van der Waals surface area contributed by atoms with Gasteiger partial charge in [0.1, 0.15) is 11.4 Å². The van der Waals surface area contributed by atoms with Crippen molar-refractivity contribution in [3.8, 4) is 5.75 Å². The first-order chi connectivity index (χ1) is 6.68. The van der Waals surface area contributed by atoms with E-state index in [1.54, 1.807) is 19.2 Å². The Hall–Kier alpha value is -1.10. The van der Waals surface area contributed by atoms with Crippen molar-refractivity contribution in [1.29, 1.82) is 0 Å². The zero-order valence-corrected chi connectivity index (χ0v) is 8.23. The van der Waals surface area contributed by atoms with Crippen LogP contribution in [0.4, 0.5) is 0 Å². The second kappa shape index (κ2) is 4.41. The summed E-state index contributed by atoms with van der Waals surface area (Å²) in [6, 6.07) is 7.17. The zero-order valence-electron chi connectivity index (χ0n) is 8.23. The quantitative estimate of drug-likeness (QED) is 0.623. The molecule has 0 saturated heterocycles. The lowest BCUT2D eigenvalue weighted by Crippen LogP contribution is -2.42. The number of para-hydroxylation sites is 1. The molecule has 1 aromatic rings. The molecule has 0 radical (unpaired) electrons. The molecule has 4 heteroatoms. The number of benzene rings is 1. The van der Waals surface area contributed by atoms with Crippen molar-refractivity contribution in [1.82, 2.24) is 0 Å². The van der Waals surface area contributed by atoms with Gasteiger partial charge in [0.2, 0.25) is 0 Å². The van der Waals surface area contributed by atoms with Crippen molar-refractivity contribution in [2.75, 3.05) is 20.2 Å². The highest BCUT2D eigenvalue weighted by Crippen LogP contribution is 2.28. The summed E-state index contributed by atoms with van der Waals surface area (Å²) in [7, 11) is 1.55. The zero-order chi connectivity index (χ0) is 10.6. The van der Waals surface area contributed by atoms with Crippen LogP contribution < -0.4 is 16.2 Å². The highest BCUT2D eigenvalue weighted by Gasteiger charge is 2.28. The lowest BCUT2D eigenvalue weighted by atomic mass is 9.93. The predicted octanol–water partition coefficient (Wildman–Crippen LogP) is -0.200. The van der Waals surface area contributed by atoms with Crippen molar-refractivity contribution < 1.29 is 9.84 Å². The van der Waals surface area contributed by atoms with Crippen LogP contribution in [0.1, 0.15) is 5.56 Å². The van der Waals surface area contributed by atoms with Crippen LogP contribution in [-0.2, 0) is 5.60 Å². The average Bonchev–Trinajstić information content (AvgIpc) is 2.28. The number of hydrogen-bond donors (Lipinski definition) is 3. The summed E-state index contributed by atoms with van der Waals surface area (Å²) in [5.41, 5.74) is 10.4. The molecule has 0 atom stereocenters. The van der Waals surface area contributed by atoms with E-state index in [2.05, 4.69) is 0 Å². The van der Waals surface area contributed by atoms with E-state index in [-0.39, 0.29) is 13.1 Å². The van der Waals surface area contributed by atoms with E-state index in [0.29, 0.717) is 11.3 Å². The number of aliphatic hydroxyl groups is 1. The Morgan fingerprint density at radius 1 is 1.29 bits per heavy atom. The molecule has 5 N–H and O–H groups in total. The molecule has 0 unspecified atom stereocenters. The number of ether oxygens (including phenoxy) is 1. The average molecular weight is 196 g/mol. The first-order valence-electron chi connectivity index (χ1n) is 4.44. The van der Waals surface area contributed by atoms with Crippen LogP contribution in [0.2, 0.25) is 0 Å². The van der Waals surface area contributed by atoms with Gasteiger partial charge in [0.05, 0.1) is 7.11 Å². The van der Waals surface area contributed by atoms with E-state index in [0.717, 1.165) is 0 Å². The Labute approximate surface area is 83.5 Å². The van der Waals surface area contributed by atoms with Gasteiger partial charge in [0.25, 0.3) is 0 Å². The molecule has 0 heterocycles. The number of rotatable bonds is 4. The van der Waals surface area contributed by atoms with E-state index >= 15 is 0 Å². The largest absolute Gasteiger partial charge is 0.496 e. The number of nitrogens with two attached hydrogens (primary N) is 2. The molecule has 0 bridgehead atoms. The SMILES string of the molecule is COc1ccccc1C(O)(CN)CN. The second-order valence-electron chi connectivity index (χ2n) is 3.14. The molecule has 14 heavy (non-hydrogen) atoms. The predicted molar refractivity (Wildman–Crippen MR) is 55.0 cm³/mol. The third kappa shape index (κ3) is 1.87. The van der Waals surface area contributed by atoms with Crippen LogP contribution in [0.3, 0.4) is 0 Å². The molecular weight excluding hydrogens is 180 g/mol. The highest BCUT2D eigenvalue weighted by atomic mass is 16.5. The summed E-state index contributed by atoms with van der Waals surface area (Å²) < 4.78 is 5.12. The maximum atomic E-state index is 10.1. The standard InChI is InChI=1S/C10H16N2O2/c1-14-9-5-3-2-4-8(9)10(13,6-11)7-12/h2-5,13H,6-7,11-12H2,1H3. The van der Waals surface area contributed by atoms with Crippen molar-refractivity contribution in [3.63, 3.8) is 0 Å². The van der Waals surface area contributed by atoms with Gasteiger partial charge in [0.15, 0.2) is 0 Å². The fraction of sp³-hybridized carbons (Fsp3) is 0.400. The monoisotopic (exact) mass is 196 g/mol. The van der Waals surface area contributed by atoms with Gasteiger partial charge in [-0.1, -0.05) is 18.2 Å². The minimum atomic E-state index is -1.20. The molecule has 0 aliphatic heterocycles. The molecule has 0 aliphatic carbocycles. The Morgan fingerprint density at radius 2 is 1.86 bits per heavy atom. The lowest BCUT2D eigenvalue weighted by molar-refractivity contribution is 0.0528. The summed E-state index contributed by atoms with van der Waals surface area (Å²) in [6.07, 6.45) is 0. The van der Waals surface area contributed by atoms with Crippen LogP contribution in [0.15, 0.2) is 24.3 Å². The first-order valence-corrected chi connectivity index (χ1v) is 4.44. The van der Waals surface area contributed by atoms with Crippen LogP contribution in [0, 0.1) is 0 Å². The molecule has 78 valence electrons. The normalized spacial score (nSPS) is 11.4. The van der Waals surface area contributed by atoms with Crippen molar-refractivity contribution in [2.24, 2.45) is 11.5 Å². The lowest BCUT2D eigenvalue weighted by Gasteiger charge is -2.26. The van der Waals surface area contributed by atoms with Crippen molar-refractivity contribution in [3.05, 3.63) is 29.8 Å². The van der Waals surface area contributed by atoms with E-state index in [1.165, 1.54) is 0 Å².